The van der Waals surface area contributed by atoms with E-state index in [9.17, 15) is 4.79 Å². The van der Waals surface area contributed by atoms with Gasteiger partial charge in [0.05, 0.1) is 0 Å². The highest BCUT2D eigenvalue weighted by atomic mass is 35.5. The SMILES string of the molecule is Cc1nc2ccc(NC(=O)COc3ccc(Cl)cc3)cc2o1. The standard InChI is InChI=1S/C16H13ClN2O3/c1-10-18-14-7-4-12(8-15(14)22-10)19-16(20)9-21-13-5-2-11(17)3-6-13/h2-8H,9H2,1H3,(H,19,20). The molecule has 0 saturated heterocycles. The van der Waals surface area contributed by atoms with Crippen molar-refractivity contribution in [2.24, 2.45) is 0 Å². The summed E-state index contributed by atoms with van der Waals surface area (Å²) in [5, 5.41) is 3.37. The number of fused-ring (bicyclic) bond motifs is 1. The van der Waals surface area contributed by atoms with Crippen LogP contribution in [0.15, 0.2) is 46.9 Å². The first-order valence-corrected chi connectivity index (χ1v) is 7.03. The van der Waals surface area contributed by atoms with Crippen LogP contribution in [-0.4, -0.2) is 17.5 Å². The van der Waals surface area contributed by atoms with Crippen LogP contribution in [0.2, 0.25) is 5.02 Å². The minimum atomic E-state index is -0.259. The van der Waals surface area contributed by atoms with E-state index in [2.05, 4.69) is 10.3 Å². The molecule has 0 atom stereocenters. The molecule has 0 aliphatic heterocycles. The second-order valence-corrected chi connectivity index (χ2v) is 5.14. The molecule has 1 N–H and O–H groups in total. The van der Waals surface area contributed by atoms with Crippen LogP contribution in [0.25, 0.3) is 11.1 Å². The third-order valence-corrected chi connectivity index (χ3v) is 3.21. The van der Waals surface area contributed by atoms with Gasteiger partial charge in [0, 0.05) is 23.7 Å². The van der Waals surface area contributed by atoms with E-state index < -0.39 is 0 Å². The molecule has 0 bridgehead atoms. The summed E-state index contributed by atoms with van der Waals surface area (Å²) < 4.78 is 10.8. The maximum Gasteiger partial charge on any atom is 0.262 e. The Labute approximate surface area is 131 Å². The lowest BCUT2D eigenvalue weighted by Gasteiger charge is -2.07. The Bertz CT molecular complexity index is 812. The Hall–Kier alpha value is -2.53. The minimum Gasteiger partial charge on any atom is -0.484 e. The number of rotatable bonds is 4. The molecule has 0 spiro atoms. The maximum atomic E-state index is 11.9. The highest BCUT2D eigenvalue weighted by Crippen LogP contribution is 2.20. The van der Waals surface area contributed by atoms with Crippen LogP contribution in [0, 0.1) is 6.92 Å². The van der Waals surface area contributed by atoms with Gasteiger partial charge in [0.1, 0.15) is 11.3 Å². The number of amides is 1. The van der Waals surface area contributed by atoms with Gasteiger partial charge in [-0.25, -0.2) is 4.98 Å². The van der Waals surface area contributed by atoms with Crippen LogP contribution in [-0.2, 0) is 4.79 Å². The summed E-state index contributed by atoms with van der Waals surface area (Å²) in [5.74, 6) is 0.913. The van der Waals surface area contributed by atoms with Gasteiger partial charge >= 0.3 is 0 Å². The van der Waals surface area contributed by atoms with Gasteiger partial charge in [0.25, 0.3) is 5.91 Å². The van der Waals surface area contributed by atoms with E-state index in [1.165, 1.54) is 0 Å². The highest BCUT2D eigenvalue weighted by molar-refractivity contribution is 6.30. The third-order valence-electron chi connectivity index (χ3n) is 2.96. The van der Waals surface area contributed by atoms with Crippen LogP contribution in [0.5, 0.6) is 5.75 Å². The van der Waals surface area contributed by atoms with E-state index in [1.807, 2.05) is 0 Å². The van der Waals surface area contributed by atoms with Gasteiger partial charge in [-0.1, -0.05) is 11.6 Å². The van der Waals surface area contributed by atoms with E-state index >= 15 is 0 Å². The number of ether oxygens (including phenoxy) is 1. The lowest BCUT2D eigenvalue weighted by Crippen LogP contribution is -2.20. The number of benzene rings is 2. The van der Waals surface area contributed by atoms with E-state index in [0.717, 1.165) is 5.52 Å². The zero-order valence-electron chi connectivity index (χ0n) is 11.8. The number of aryl methyl sites for hydroxylation is 1. The number of oxazole rings is 1. The first kappa shape index (κ1) is 14.4. The molecular formula is C16H13ClN2O3. The van der Waals surface area contributed by atoms with Gasteiger partial charge in [0.2, 0.25) is 0 Å². The third kappa shape index (κ3) is 3.38. The Morgan fingerprint density at radius 2 is 2.05 bits per heavy atom. The average Bonchev–Trinajstić information content (AvgIpc) is 2.86. The van der Waals surface area contributed by atoms with Gasteiger partial charge in [-0.2, -0.15) is 0 Å². The van der Waals surface area contributed by atoms with Crippen LogP contribution >= 0.6 is 11.6 Å². The molecule has 22 heavy (non-hydrogen) atoms. The number of nitrogens with one attached hydrogen (secondary N) is 1. The number of halogens is 1. The molecule has 0 fully saturated rings. The number of anilines is 1. The van der Waals surface area contributed by atoms with Crippen molar-refractivity contribution in [3.8, 4) is 5.75 Å². The molecule has 3 aromatic rings. The lowest BCUT2D eigenvalue weighted by molar-refractivity contribution is -0.118. The van der Waals surface area contributed by atoms with Gasteiger partial charge in [0.15, 0.2) is 18.1 Å². The largest absolute Gasteiger partial charge is 0.484 e. The van der Waals surface area contributed by atoms with Crippen molar-refractivity contribution in [2.45, 2.75) is 6.92 Å². The molecule has 1 amide bonds. The molecule has 0 saturated carbocycles. The summed E-state index contributed by atoms with van der Waals surface area (Å²) in [5.41, 5.74) is 2.02. The Morgan fingerprint density at radius 1 is 1.27 bits per heavy atom. The van der Waals surface area contributed by atoms with Gasteiger partial charge in [-0.05, 0) is 36.4 Å². The lowest BCUT2D eigenvalue weighted by atomic mass is 10.3. The maximum absolute atomic E-state index is 11.9. The predicted molar refractivity (Wildman–Crippen MR) is 84.3 cm³/mol. The molecule has 0 aliphatic rings. The fourth-order valence-electron chi connectivity index (χ4n) is 1.99. The number of aromatic nitrogens is 1. The summed E-state index contributed by atoms with van der Waals surface area (Å²) in [4.78, 5) is 16.1. The van der Waals surface area contributed by atoms with Crippen LogP contribution in [0.3, 0.4) is 0 Å². The molecule has 0 aliphatic carbocycles. The zero-order valence-corrected chi connectivity index (χ0v) is 12.6. The van der Waals surface area contributed by atoms with Crippen molar-refractivity contribution in [1.82, 2.24) is 4.98 Å². The minimum absolute atomic E-state index is 0.0882. The van der Waals surface area contributed by atoms with E-state index in [0.29, 0.717) is 27.9 Å². The van der Waals surface area contributed by atoms with Gasteiger partial charge in [-0.3, -0.25) is 4.79 Å². The molecule has 3 rings (SSSR count). The molecule has 2 aromatic carbocycles. The van der Waals surface area contributed by atoms with Crippen molar-refractivity contribution in [3.05, 3.63) is 53.4 Å². The molecule has 1 aromatic heterocycles. The van der Waals surface area contributed by atoms with Crippen LogP contribution in [0.1, 0.15) is 5.89 Å². The number of hydrogen-bond donors (Lipinski definition) is 1. The Kier molecular flexibility index (Phi) is 3.98. The molecule has 6 heteroatoms. The molecular weight excluding hydrogens is 304 g/mol. The first-order chi connectivity index (χ1) is 10.6. The quantitative estimate of drug-likeness (QED) is 0.795. The molecule has 5 nitrogen and oxygen atoms in total. The van der Waals surface area contributed by atoms with Crippen molar-refractivity contribution in [2.75, 3.05) is 11.9 Å². The van der Waals surface area contributed by atoms with Crippen LogP contribution < -0.4 is 10.1 Å². The van der Waals surface area contributed by atoms with Gasteiger partial charge in [-0.15, -0.1) is 0 Å². The Balaban J connectivity index is 1.61. The molecule has 0 unspecified atom stereocenters. The topological polar surface area (TPSA) is 64.4 Å². The number of hydrogen-bond acceptors (Lipinski definition) is 4. The van der Waals surface area contributed by atoms with Crippen molar-refractivity contribution >= 4 is 34.3 Å². The average molecular weight is 317 g/mol. The molecule has 112 valence electrons. The summed E-state index contributed by atoms with van der Waals surface area (Å²) >= 11 is 5.78. The first-order valence-electron chi connectivity index (χ1n) is 6.65. The second-order valence-electron chi connectivity index (χ2n) is 4.71. The van der Waals surface area contributed by atoms with Crippen molar-refractivity contribution < 1.29 is 13.9 Å². The fourth-order valence-corrected chi connectivity index (χ4v) is 2.12. The molecule has 0 radical (unpaired) electrons. The zero-order chi connectivity index (χ0) is 15.5. The molecule has 1 heterocycles. The van der Waals surface area contributed by atoms with E-state index in [4.69, 9.17) is 20.8 Å². The van der Waals surface area contributed by atoms with Crippen molar-refractivity contribution in [1.29, 1.82) is 0 Å². The normalized spacial score (nSPS) is 10.6. The monoisotopic (exact) mass is 316 g/mol. The van der Waals surface area contributed by atoms with Crippen molar-refractivity contribution in [3.63, 3.8) is 0 Å². The summed E-state index contributed by atoms with van der Waals surface area (Å²) in [7, 11) is 0. The van der Waals surface area contributed by atoms with E-state index in [-0.39, 0.29) is 12.5 Å². The summed E-state index contributed by atoms with van der Waals surface area (Å²) in [6.45, 7) is 1.69. The Morgan fingerprint density at radius 3 is 2.82 bits per heavy atom. The van der Waals surface area contributed by atoms with E-state index in [1.54, 1.807) is 49.4 Å². The number of carbonyl (C=O) groups excluding carboxylic acids is 1. The van der Waals surface area contributed by atoms with Crippen LogP contribution in [0.4, 0.5) is 5.69 Å². The summed E-state index contributed by atoms with van der Waals surface area (Å²) in [6.07, 6.45) is 0. The summed E-state index contributed by atoms with van der Waals surface area (Å²) in [6, 6.07) is 12.1. The number of carbonyl (C=O) groups is 1. The predicted octanol–water partition coefficient (Wildman–Crippen LogP) is 3.81. The second kappa shape index (κ2) is 6.07. The fraction of sp³-hybridized carbons (Fsp3) is 0.125. The highest BCUT2D eigenvalue weighted by Gasteiger charge is 2.07. The number of nitrogens with zero attached hydrogens (tertiary/aromatic N) is 1. The smallest absolute Gasteiger partial charge is 0.262 e. The van der Waals surface area contributed by atoms with Gasteiger partial charge < -0.3 is 14.5 Å².